The summed E-state index contributed by atoms with van der Waals surface area (Å²) in [5, 5.41) is 0. The van der Waals surface area contributed by atoms with Gasteiger partial charge >= 0.3 is 61.4 Å². The van der Waals surface area contributed by atoms with Crippen molar-refractivity contribution in [2.24, 2.45) is 0 Å². The number of alkyl halides is 4. The van der Waals surface area contributed by atoms with E-state index in [4.69, 9.17) is 0 Å². The van der Waals surface area contributed by atoms with E-state index in [1.165, 1.54) is 6.92 Å². The molecule has 1 saturated heterocycles. The Morgan fingerprint density at radius 2 is 1.80 bits per heavy atom. The van der Waals surface area contributed by atoms with E-state index in [1.807, 2.05) is 0 Å². The third kappa shape index (κ3) is 1.17. The van der Waals surface area contributed by atoms with Gasteiger partial charge in [0.25, 0.3) is 0 Å². The van der Waals surface area contributed by atoms with E-state index < -0.39 is 36.9 Å². The Balaban J connectivity index is 2.78. The van der Waals surface area contributed by atoms with Gasteiger partial charge in [0.1, 0.15) is 0 Å². The van der Waals surface area contributed by atoms with E-state index in [0.717, 1.165) is 0 Å². The molecule has 0 aliphatic carbocycles. The average Bonchev–Trinajstić information content (AvgIpc) is 1.73. The Hall–Kier alpha value is 0.239. The molecule has 1 fully saturated rings. The first-order valence-electron chi connectivity index (χ1n) is 2.78. The molecule has 5 heteroatoms. The normalized spacial score (nSPS) is 36.3. The van der Waals surface area contributed by atoms with E-state index in [0.29, 0.717) is 0 Å². The monoisotopic (exact) mass is 222 g/mol. The maximum atomic E-state index is 12.3. The van der Waals surface area contributed by atoms with Gasteiger partial charge in [0.15, 0.2) is 0 Å². The summed E-state index contributed by atoms with van der Waals surface area (Å²) in [4.78, 5) is -4.21. The second-order valence-electron chi connectivity index (χ2n) is 2.35. The van der Waals surface area contributed by atoms with Crippen molar-refractivity contribution in [3.8, 4) is 0 Å². The van der Waals surface area contributed by atoms with Gasteiger partial charge in [-0.2, -0.15) is 0 Å². The Bertz CT molecular complexity index is 129. The van der Waals surface area contributed by atoms with Crippen LogP contribution in [0, 0.1) is 0 Å². The maximum absolute atomic E-state index is 12.3. The van der Waals surface area contributed by atoms with Crippen LogP contribution in [0.5, 0.6) is 0 Å². The first-order valence-corrected chi connectivity index (χ1v) is 4.63. The SMILES string of the molecule is CC1CC(F)(F)C(F)(F)[Se]1. The third-order valence-electron chi connectivity index (χ3n) is 1.32. The van der Waals surface area contributed by atoms with Crippen molar-refractivity contribution < 1.29 is 17.6 Å². The Kier molecular flexibility index (Phi) is 1.76. The van der Waals surface area contributed by atoms with Gasteiger partial charge in [-0.25, -0.2) is 0 Å². The summed E-state index contributed by atoms with van der Waals surface area (Å²) in [5.74, 6) is -3.74. The van der Waals surface area contributed by atoms with Crippen LogP contribution in [0.2, 0.25) is 4.82 Å². The molecule has 0 nitrogen and oxygen atoms in total. The van der Waals surface area contributed by atoms with Gasteiger partial charge in [-0.15, -0.1) is 0 Å². The predicted molar refractivity (Wildman–Crippen MR) is 29.7 cm³/mol. The van der Waals surface area contributed by atoms with Crippen LogP contribution in [-0.4, -0.2) is 25.7 Å². The topological polar surface area (TPSA) is 0 Å². The van der Waals surface area contributed by atoms with Crippen molar-refractivity contribution in [1.29, 1.82) is 0 Å². The molecule has 1 atom stereocenters. The molecule has 1 unspecified atom stereocenters. The summed E-state index contributed by atoms with van der Waals surface area (Å²) in [6.07, 6.45) is -0.653. The molecule has 1 aliphatic rings. The molecule has 0 radical (unpaired) electrons. The van der Waals surface area contributed by atoms with Gasteiger partial charge in [0.2, 0.25) is 0 Å². The second-order valence-corrected chi connectivity index (χ2v) is 5.61. The number of rotatable bonds is 0. The van der Waals surface area contributed by atoms with Crippen molar-refractivity contribution in [2.75, 3.05) is 0 Å². The van der Waals surface area contributed by atoms with Gasteiger partial charge in [-0.05, 0) is 0 Å². The van der Waals surface area contributed by atoms with Crippen molar-refractivity contribution in [1.82, 2.24) is 0 Å². The van der Waals surface area contributed by atoms with Crippen LogP contribution in [0.4, 0.5) is 17.6 Å². The first kappa shape index (κ1) is 8.34. The summed E-state index contributed by atoms with van der Waals surface area (Å²) in [6.45, 7) is 1.44. The fourth-order valence-electron chi connectivity index (χ4n) is 0.860. The molecule has 1 heterocycles. The summed E-state index contributed by atoms with van der Waals surface area (Å²) in [6, 6.07) is 0. The summed E-state index contributed by atoms with van der Waals surface area (Å²) in [7, 11) is 0. The zero-order chi connectivity index (χ0) is 7.99. The minimum absolute atomic E-state index is 0.502. The van der Waals surface area contributed by atoms with Gasteiger partial charge in [-0.3, -0.25) is 0 Å². The van der Waals surface area contributed by atoms with Gasteiger partial charge in [0, 0.05) is 0 Å². The first-order chi connectivity index (χ1) is 4.35. The van der Waals surface area contributed by atoms with Crippen LogP contribution in [0.1, 0.15) is 13.3 Å². The fraction of sp³-hybridized carbons (Fsp3) is 1.00. The summed E-state index contributed by atoms with van der Waals surface area (Å²) < 4.78 is 49.0. The van der Waals surface area contributed by atoms with E-state index in [2.05, 4.69) is 0 Å². The molecule has 0 spiro atoms. The third-order valence-corrected chi connectivity index (χ3v) is 3.76. The van der Waals surface area contributed by atoms with E-state index in [1.54, 1.807) is 0 Å². The minimum atomic E-state index is -3.74. The van der Waals surface area contributed by atoms with Gasteiger partial charge in [-0.1, -0.05) is 0 Å². The van der Waals surface area contributed by atoms with Gasteiger partial charge in [0.05, 0.1) is 0 Å². The van der Waals surface area contributed by atoms with Crippen LogP contribution in [0.15, 0.2) is 0 Å². The fourth-order valence-corrected chi connectivity index (χ4v) is 3.07. The second kappa shape index (κ2) is 2.11. The number of halogens is 4. The Labute approximate surface area is 62.1 Å². The van der Waals surface area contributed by atoms with Crippen molar-refractivity contribution >= 4 is 15.0 Å². The standard InChI is InChI=1S/C5H6F4Se/c1-3-2-4(6,7)5(8,9)10-3/h3H,2H2,1H3. The van der Waals surface area contributed by atoms with Gasteiger partial charge < -0.3 is 0 Å². The van der Waals surface area contributed by atoms with Crippen LogP contribution in [-0.2, 0) is 0 Å². The summed E-state index contributed by atoms with van der Waals surface area (Å²) in [5.41, 5.74) is 0. The molecule has 0 saturated carbocycles. The molecule has 0 aromatic carbocycles. The van der Waals surface area contributed by atoms with Crippen LogP contribution in [0.25, 0.3) is 0 Å². The van der Waals surface area contributed by atoms with Crippen LogP contribution < -0.4 is 0 Å². The van der Waals surface area contributed by atoms with Crippen molar-refractivity contribution in [3.05, 3.63) is 0 Å². The molecule has 1 aliphatic heterocycles. The Morgan fingerprint density at radius 1 is 1.30 bits per heavy atom. The van der Waals surface area contributed by atoms with Crippen molar-refractivity contribution in [3.63, 3.8) is 0 Å². The number of hydrogen-bond acceptors (Lipinski definition) is 0. The molecule has 60 valence electrons. The molecule has 0 N–H and O–H groups in total. The molecule has 1 rings (SSSR count). The molecule has 0 aromatic heterocycles. The zero-order valence-corrected chi connectivity index (χ0v) is 6.92. The average molecular weight is 221 g/mol. The Morgan fingerprint density at radius 3 is 1.90 bits per heavy atom. The predicted octanol–water partition coefficient (Wildman–Crippen LogP) is 2.13. The van der Waals surface area contributed by atoms with E-state index in [-0.39, 0.29) is 0 Å². The molecular weight excluding hydrogens is 215 g/mol. The summed E-state index contributed by atoms with van der Waals surface area (Å²) >= 11 is -1.23. The van der Waals surface area contributed by atoms with E-state index in [9.17, 15) is 17.6 Å². The molecular formula is C5H6F4Se. The molecule has 0 amide bonds. The quantitative estimate of drug-likeness (QED) is 0.434. The zero-order valence-electron chi connectivity index (χ0n) is 5.20. The van der Waals surface area contributed by atoms with Crippen molar-refractivity contribution in [2.45, 2.75) is 28.9 Å². The molecule has 10 heavy (non-hydrogen) atoms. The van der Waals surface area contributed by atoms with Crippen LogP contribution in [0.3, 0.4) is 0 Å². The number of hydrogen-bond donors (Lipinski definition) is 0. The molecule has 0 aromatic rings. The van der Waals surface area contributed by atoms with E-state index >= 15 is 0 Å². The van der Waals surface area contributed by atoms with Crippen LogP contribution >= 0.6 is 0 Å². The molecule has 0 bridgehead atoms.